The zero-order valence-corrected chi connectivity index (χ0v) is 18.1. The van der Waals surface area contributed by atoms with Gasteiger partial charge in [-0.2, -0.15) is 0 Å². The van der Waals surface area contributed by atoms with Crippen LogP contribution in [-0.4, -0.2) is 36.4 Å². The van der Waals surface area contributed by atoms with Crippen LogP contribution in [0, 0.1) is 19.8 Å². The molecular weight excluding hydrogens is 392 g/mol. The Morgan fingerprint density at radius 2 is 1.90 bits per heavy atom. The van der Waals surface area contributed by atoms with Crippen LogP contribution in [0.4, 0.5) is 5.13 Å². The number of carbonyl (C=O) groups is 3. The summed E-state index contributed by atoms with van der Waals surface area (Å²) in [5, 5.41) is 2.96. The van der Waals surface area contributed by atoms with Gasteiger partial charge in [0, 0.05) is 12.8 Å². The number of ketones is 1. The number of nitrogens with zero attached hydrogens (tertiary/aromatic N) is 1. The summed E-state index contributed by atoms with van der Waals surface area (Å²) in [6.45, 7) is 7.80. The van der Waals surface area contributed by atoms with Crippen LogP contribution in [0.2, 0.25) is 0 Å². The smallest absolute Gasteiger partial charge is 0.350 e. The molecule has 0 aliphatic rings. The van der Waals surface area contributed by atoms with Crippen LogP contribution in [0.5, 0.6) is 5.75 Å². The Bertz CT molecular complexity index is 904. The summed E-state index contributed by atoms with van der Waals surface area (Å²) >= 11 is 1.06. The van der Waals surface area contributed by atoms with Crippen LogP contribution in [0.3, 0.4) is 0 Å². The number of hydrogen-bond acceptors (Lipinski definition) is 7. The van der Waals surface area contributed by atoms with Crippen molar-refractivity contribution in [3.63, 3.8) is 0 Å². The van der Waals surface area contributed by atoms with Gasteiger partial charge in [0.25, 0.3) is 0 Å². The molecule has 8 heteroatoms. The van der Waals surface area contributed by atoms with Gasteiger partial charge in [-0.1, -0.05) is 36.8 Å². The first-order valence-corrected chi connectivity index (χ1v) is 10.1. The van der Waals surface area contributed by atoms with Crippen LogP contribution < -0.4 is 10.1 Å². The monoisotopic (exact) mass is 418 g/mol. The standard InChI is InChI=1S/C21H26N2O5S/c1-12(2)11-28-20(26)19-14(4)22-21(29-19)23-18(25)9-7-16(24)15-10-13(3)6-8-17(15)27-5/h6,8,10,12H,7,9,11H2,1-5H3,(H,22,23,25). The highest BCUT2D eigenvalue weighted by Gasteiger charge is 2.19. The molecule has 0 aliphatic heterocycles. The Kier molecular flexibility index (Phi) is 7.90. The van der Waals surface area contributed by atoms with Crippen molar-refractivity contribution in [1.29, 1.82) is 0 Å². The van der Waals surface area contributed by atoms with Crippen molar-refractivity contribution >= 4 is 34.1 Å². The summed E-state index contributed by atoms with van der Waals surface area (Å²) in [6, 6.07) is 5.34. The van der Waals surface area contributed by atoms with Crippen molar-refractivity contribution in [1.82, 2.24) is 4.98 Å². The number of aromatic nitrogens is 1. The predicted molar refractivity (Wildman–Crippen MR) is 112 cm³/mol. The maximum atomic E-state index is 12.5. The van der Waals surface area contributed by atoms with E-state index in [1.54, 1.807) is 19.1 Å². The minimum Gasteiger partial charge on any atom is -0.496 e. The summed E-state index contributed by atoms with van der Waals surface area (Å²) in [5.74, 6) is -0.247. The zero-order valence-electron chi connectivity index (χ0n) is 17.3. The number of methoxy groups -OCH3 is 1. The number of aryl methyl sites for hydroxylation is 2. The molecule has 1 amide bonds. The molecule has 0 unspecified atom stereocenters. The molecule has 0 bridgehead atoms. The van der Waals surface area contributed by atoms with Gasteiger partial charge in [0.1, 0.15) is 10.6 Å². The second-order valence-electron chi connectivity index (χ2n) is 7.10. The SMILES string of the molecule is COc1ccc(C)cc1C(=O)CCC(=O)Nc1nc(C)c(C(=O)OCC(C)C)s1. The number of thiazole rings is 1. The summed E-state index contributed by atoms with van der Waals surface area (Å²) in [6.07, 6.45) is 0.0426. The third-order valence-electron chi connectivity index (χ3n) is 4.01. The van der Waals surface area contributed by atoms with Crippen LogP contribution in [0.15, 0.2) is 18.2 Å². The Hall–Kier alpha value is -2.74. The minimum atomic E-state index is -0.448. The van der Waals surface area contributed by atoms with Crippen molar-refractivity contribution in [3.05, 3.63) is 39.9 Å². The van der Waals surface area contributed by atoms with Gasteiger partial charge in [-0.3, -0.25) is 9.59 Å². The molecule has 0 spiro atoms. The number of Topliss-reactive ketones (excluding diaryl/α,β-unsaturated/α-hetero) is 1. The molecular formula is C21H26N2O5S. The maximum Gasteiger partial charge on any atom is 0.350 e. The second-order valence-corrected chi connectivity index (χ2v) is 8.10. The molecule has 0 radical (unpaired) electrons. The van der Waals surface area contributed by atoms with E-state index in [-0.39, 0.29) is 30.4 Å². The number of hydrogen-bond donors (Lipinski definition) is 1. The molecule has 0 aliphatic carbocycles. The van der Waals surface area contributed by atoms with E-state index in [1.165, 1.54) is 7.11 Å². The largest absolute Gasteiger partial charge is 0.496 e. The number of esters is 1. The van der Waals surface area contributed by atoms with Gasteiger partial charge in [-0.25, -0.2) is 9.78 Å². The summed E-state index contributed by atoms with van der Waals surface area (Å²) in [5.41, 5.74) is 1.90. The first kappa shape index (κ1) is 22.5. The highest BCUT2D eigenvalue weighted by atomic mass is 32.1. The number of rotatable bonds is 9. The van der Waals surface area contributed by atoms with Crippen molar-refractivity contribution in [2.75, 3.05) is 19.0 Å². The molecule has 0 saturated heterocycles. The molecule has 1 N–H and O–H groups in total. The molecule has 1 aromatic heterocycles. The van der Waals surface area contributed by atoms with Crippen LogP contribution in [0.1, 0.15) is 58.0 Å². The van der Waals surface area contributed by atoms with Gasteiger partial charge < -0.3 is 14.8 Å². The van der Waals surface area contributed by atoms with Crippen molar-refractivity contribution in [2.45, 2.75) is 40.5 Å². The molecule has 2 aromatic rings. The van der Waals surface area contributed by atoms with Crippen LogP contribution >= 0.6 is 11.3 Å². The molecule has 1 aromatic carbocycles. The molecule has 7 nitrogen and oxygen atoms in total. The van der Waals surface area contributed by atoms with E-state index >= 15 is 0 Å². The summed E-state index contributed by atoms with van der Waals surface area (Å²) in [4.78, 5) is 41.4. The van der Waals surface area contributed by atoms with Gasteiger partial charge in [-0.15, -0.1) is 0 Å². The summed E-state index contributed by atoms with van der Waals surface area (Å²) in [7, 11) is 1.50. The number of nitrogens with one attached hydrogen (secondary N) is 1. The summed E-state index contributed by atoms with van der Waals surface area (Å²) < 4.78 is 10.4. The normalized spacial score (nSPS) is 10.7. The Morgan fingerprint density at radius 1 is 1.17 bits per heavy atom. The topological polar surface area (TPSA) is 94.6 Å². The van der Waals surface area contributed by atoms with Crippen LogP contribution in [0.25, 0.3) is 0 Å². The first-order valence-electron chi connectivity index (χ1n) is 9.33. The van der Waals surface area contributed by atoms with Gasteiger partial charge in [-0.05, 0) is 31.9 Å². The predicted octanol–water partition coefficient (Wildman–Crippen LogP) is 4.18. The molecule has 1 heterocycles. The Morgan fingerprint density at radius 3 is 2.55 bits per heavy atom. The lowest BCUT2D eigenvalue weighted by atomic mass is 10.0. The van der Waals surface area contributed by atoms with E-state index in [0.29, 0.717) is 33.6 Å². The van der Waals surface area contributed by atoms with E-state index in [9.17, 15) is 14.4 Å². The van der Waals surface area contributed by atoms with E-state index < -0.39 is 5.97 Å². The van der Waals surface area contributed by atoms with Gasteiger partial charge in [0.15, 0.2) is 10.9 Å². The minimum absolute atomic E-state index is 0.00167. The van der Waals surface area contributed by atoms with Crippen LogP contribution in [-0.2, 0) is 9.53 Å². The van der Waals surface area contributed by atoms with E-state index in [1.807, 2.05) is 26.8 Å². The number of benzene rings is 1. The fourth-order valence-corrected chi connectivity index (χ4v) is 3.41. The number of amides is 1. The molecule has 0 saturated carbocycles. The fourth-order valence-electron chi connectivity index (χ4n) is 2.53. The average Bonchev–Trinajstić information content (AvgIpc) is 3.04. The lowest BCUT2D eigenvalue weighted by molar-refractivity contribution is -0.116. The van der Waals surface area contributed by atoms with E-state index in [4.69, 9.17) is 9.47 Å². The quantitative estimate of drug-likeness (QED) is 0.485. The maximum absolute atomic E-state index is 12.5. The number of ether oxygens (including phenoxy) is 2. The molecule has 0 fully saturated rings. The van der Waals surface area contributed by atoms with Crippen molar-refractivity contribution in [2.24, 2.45) is 5.92 Å². The Balaban J connectivity index is 1.95. The lowest BCUT2D eigenvalue weighted by Crippen LogP contribution is -2.13. The fraction of sp³-hybridized carbons (Fsp3) is 0.429. The zero-order chi connectivity index (χ0) is 21.6. The van der Waals surface area contributed by atoms with Gasteiger partial charge >= 0.3 is 5.97 Å². The number of carbonyl (C=O) groups excluding carboxylic acids is 3. The van der Waals surface area contributed by atoms with Gasteiger partial charge in [0.2, 0.25) is 5.91 Å². The highest BCUT2D eigenvalue weighted by Crippen LogP contribution is 2.25. The highest BCUT2D eigenvalue weighted by molar-refractivity contribution is 7.17. The second kappa shape index (κ2) is 10.2. The molecule has 29 heavy (non-hydrogen) atoms. The molecule has 156 valence electrons. The van der Waals surface area contributed by atoms with Crippen molar-refractivity contribution < 1.29 is 23.9 Å². The molecule has 2 rings (SSSR count). The molecule has 0 atom stereocenters. The van der Waals surface area contributed by atoms with Gasteiger partial charge in [0.05, 0.1) is 25.0 Å². The average molecular weight is 419 g/mol. The van der Waals surface area contributed by atoms with Crippen molar-refractivity contribution in [3.8, 4) is 5.75 Å². The lowest BCUT2D eigenvalue weighted by Gasteiger charge is -2.08. The third kappa shape index (κ3) is 6.39. The number of anilines is 1. The first-order chi connectivity index (χ1) is 13.7. The van der Waals surface area contributed by atoms with E-state index in [0.717, 1.165) is 16.9 Å². The van der Waals surface area contributed by atoms with E-state index in [2.05, 4.69) is 10.3 Å². The Labute approximate surface area is 174 Å². The third-order valence-corrected chi connectivity index (χ3v) is 5.06.